The molecule has 0 radical (unpaired) electrons. The van der Waals surface area contributed by atoms with Gasteiger partial charge in [0.15, 0.2) is 0 Å². The summed E-state index contributed by atoms with van der Waals surface area (Å²) in [6.07, 6.45) is 2.36. The average Bonchev–Trinajstić information content (AvgIpc) is 2.98. The van der Waals surface area contributed by atoms with Crippen molar-refractivity contribution in [3.8, 4) is 10.8 Å². The van der Waals surface area contributed by atoms with Gasteiger partial charge in [-0.25, -0.2) is 0 Å². The molecule has 1 atom stereocenters. The molecule has 0 saturated heterocycles. The Balaban J connectivity index is 2.01. The molecule has 2 heterocycles. The molecule has 0 saturated carbocycles. The minimum Gasteiger partial charge on any atom is -0.419 e. The molecule has 0 N–H and O–H groups in total. The van der Waals surface area contributed by atoms with Crippen molar-refractivity contribution in [1.29, 1.82) is 0 Å². The summed E-state index contributed by atoms with van der Waals surface area (Å²) >= 11 is 5.03. The zero-order valence-electron chi connectivity index (χ0n) is 11.4. The lowest BCUT2D eigenvalue weighted by atomic mass is 10.2. The third kappa shape index (κ3) is 3.87. The van der Waals surface area contributed by atoms with Gasteiger partial charge >= 0.3 is 0 Å². The van der Waals surface area contributed by atoms with Gasteiger partial charge in [-0.15, -0.1) is 21.5 Å². The minimum atomic E-state index is 0.524. The standard InChI is InChI=1S/C13H18BrN3OS/c1-4-5-9(2)17(3)8-12-15-16-13(18-12)10-6-7-11(14)19-10/h6-7,9H,4-5,8H2,1-3H3/t9-/m0/s1. The molecule has 4 nitrogen and oxygen atoms in total. The highest BCUT2D eigenvalue weighted by Gasteiger charge is 2.14. The Labute approximate surface area is 126 Å². The molecule has 104 valence electrons. The van der Waals surface area contributed by atoms with E-state index < -0.39 is 0 Å². The summed E-state index contributed by atoms with van der Waals surface area (Å²) in [4.78, 5) is 3.24. The highest BCUT2D eigenvalue weighted by molar-refractivity contribution is 9.11. The predicted octanol–water partition coefficient (Wildman–Crippen LogP) is 4.18. The van der Waals surface area contributed by atoms with Crippen molar-refractivity contribution in [3.05, 3.63) is 21.8 Å². The van der Waals surface area contributed by atoms with Crippen LogP contribution in [0.1, 0.15) is 32.6 Å². The van der Waals surface area contributed by atoms with Crippen molar-refractivity contribution in [1.82, 2.24) is 15.1 Å². The van der Waals surface area contributed by atoms with Crippen LogP contribution in [-0.2, 0) is 6.54 Å². The molecule has 0 spiro atoms. The van der Waals surface area contributed by atoms with E-state index in [1.165, 1.54) is 12.8 Å². The third-order valence-corrected chi connectivity index (χ3v) is 4.71. The highest BCUT2D eigenvalue weighted by Crippen LogP contribution is 2.30. The van der Waals surface area contributed by atoms with Crippen LogP contribution in [0.3, 0.4) is 0 Å². The number of halogens is 1. The second-order valence-electron chi connectivity index (χ2n) is 4.66. The van der Waals surface area contributed by atoms with Gasteiger partial charge in [0.1, 0.15) is 0 Å². The van der Waals surface area contributed by atoms with Gasteiger partial charge in [-0.05, 0) is 48.5 Å². The number of thiophene rings is 1. The third-order valence-electron chi connectivity index (χ3n) is 3.09. The molecule has 0 aliphatic carbocycles. The van der Waals surface area contributed by atoms with E-state index in [0.717, 1.165) is 8.66 Å². The first-order valence-electron chi connectivity index (χ1n) is 6.38. The summed E-state index contributed by atoms with van der Waals surface area (Å²) in [6.45, 7) is 5.11. The Morgan fingerprint density at radius 2 is 2.21 bits per heavy atom. The van der Waals surface area contributed by atoms with Crippen molar-refractivity contribution >= 4 is 27.3 Å². The summed E-state index contributed by atoms with van der Waals surface area (Å²) in [7, 11) is 2.09. The predicted molar refractivity (Wildman–Crippen MR) is 81.1 cm³/mol. The van der Waals surface area contributed by atoms with Gasteiger partial charge in [-0.2, -0.15) is 0 Å². The second-order valence-corrected chi connectivity index (χ2v) is 7.12. The lowest BCUT2D eigenvalue weighted by Gasteiger charge is -2.22. The molecule has 0 aliphatic heterocycles. The van der Waals surface area contributed by atoms with Gasteiger partial charge in [0, 0.05) is 6.04 Å². The number of rotatable bonds is 6. The maximum Gasteiger partial charge on any atom is 0.257 e. The van der Waals surface area contributed by atoms with Gasteiger partial charge in [0.05, 0.1) is 15.2 Å². The summed E-state index contributed by atoms with van der Waals surface area (Å²) < 4.78 is 6.77. The Morgan fingerprint density at radius 1 is 1.42 bits per heavy atom. The molecule has 2 aromatic heterocycles. The Kier molecular flexibility index (Phi) is 5.13. The lowest BCUT2D eigenvalue weighted by Crippen LogP contribution is -2.28. The molecule has 0 unspecified atom stereocenters. The number of hydrogen-bond donors (Lipinski definition) is 0. The van der Waals surface area contributed by atoms with E-state index in [-0.39, 0.29) is 0 Å². The van der Waals surface area contributed by atoms with Crippen LogP contribution in [0.2, 0.25) is 0 Å². The molecule has 2 aromatic rings. The van der Waals surface area contributed by atoms with E-state index in [4.69, 9.17) is 4.42 Å². The molecule has 0 fully saturated rings. The fourth-order valence-electron chi connectivity index (χ4n) is 1.85. The van der Waals surface area contributed by atoms with Crippen molar-refractivity contribution in [2.75, 3.05) is 7.05 Å². The first-order valence-corrected chi connectivity index (χ1v) is 7.99. The van der Waals surface area contributed by atoms with Crippen molar-refractivity contribution in [2.24, 2.45) is 0 Å². The Morgan fingerprint density at radius 3 is 2.84 bits per heavy atom. The van der Waals surface area contributed by atoms with E-state index in [0.29, 0.717) is 24.4 Å². The molecule has 6 heteroatoms. The number of nitrogens with zero attached hydrogens (tertiary/aromatic N) is 3. The quantitative estimate of drug-likeness (QED) is 0.788. The SMILES string of the molecule is CCC[C@H](C)N(C)Cc1nnc(-c2ccc(Br)s2)o1. The molecular weight excluding hydrogens is 326 g/mol. The lowest BCUT2D eigenvalue weighted by molar-refractivity contribution is 0.215. The number of aromatic nitrogens is 2. The van der Waals surface area contributed by atoms with Crippen LogP contribution >= 0.6 is 27.3 Å². The van der Waals surface area contributed by atoms with Crippen molar-refractivity contribution in [3.63, 3.8) is 0 Å². The first kappa shape index (κ1) is 14.7. The maximum absolute atomic E-state index is 5.71. The van der Waals surface area contributed by atoms with Crippen LogP contribution in [0.5, 0.6) is 0 Å². The molecule has 19 heavy (non-hydrogen) atoms. The molecule has 0 amide bonds. The summed E-state index contributed by atoms with van der Waals surface area (Å²) in [5.74, 6) is 1.27. The Bertz CT molecular complexity index is 525. The van der Waals surface area contributed by atoms with Gasteiger partial charge in [0.2, 0.25) is 5.89 Å². The summed E-state index contributed by atoms with van der Waals surface area (Å²) in [5, 5.41) is 8.22. The minimum absolute atomic E-state index is 0.524. The first-order chi connectivity index (χ1) is 9.10. The smallest absolute Gasteiger partial charge is 0.257 e. The van der Waals surface area contributed by atoms with E-state index in [1.807, 2.05) is 12.1 Å². The fourth-order valence-corrected chi connectivity index (χ4v) is 3.16. The van der Waals surface area contributed by atoms with Gasteiger partial charge < -0.3 is 4.42 Å². The zero-order valence-corrected chi connectivity index (χ0v) is 13.8. The van der Waals surface area contributed by atoms with Crippen LogP contribution in [0, 0.1) is 0 Å². The number of hydrogen-bond acceptors (Lipinski definition) is 5. The van der Waals surface area contributed by atoms with Crippen LogP contribution in [-0.4, -0.2) is 28.2 Å². The molecule has 0 bridgehead atoms. The van der Waals surface area contributed by atoms with Crippen molar-refractivity contribution < 1.29 is 4.42 Å². The zero-order chi connectivity index (χ0) is 13.8. The second kappa shape index (κ2) is 6.63. The van der Waals surface area contributed by atoms with Gasteiger partial charge in [-0.3, -0.25) is 4.90 Å². The molecular formula is C13H18BrN3OS. The summed E-state index contributed by atoms with van der Waals surface area (Å²) in [6, 6.07) is 4.49. The van der Waals surface area contributed by atoms with E-state index in [2.05, 4.69) is 51.9 Å². The van der Waals surface area contributed by atoms with Crippen LogP contribution in [0.4, 0.5) is 0 Å². The van der Waals surface area contributed by atoms with E-state index >= 15 is 0 Å². The maximum atomic E-state index is 5.71. The monoisotopic (exact) mass is 343 g/mol. The van der Waals surface area contributed by atoms with Crippen molar-refractivity contribution in [2.45, 2.75) is 39.3 Å². The largest absolute Gasteiger partial charge is 0.419 e. The average molecular weight is 344 g/mol. The Hall–Kier alpha value is -0.720. The van der Waals surface area contributed by atoms with E-state index in [9.17, 15) is 0 Å². The molecule has 0 aliphatic rings. The van der Waals surface area contributed by atoms with Gasteiger partial charge in [-0.1, -0.05) is 13.3 Å². The van der Waals surface area contributed by atoms with Gasteiger partial charge in [0.25, 0.3) is 5.89 Å². The molecule has 0 aromatic carbocycles. The highest BCUT2D eigenvalue weighted by atomic mass is 79.9. The molecule has 2 rings (SSSR count). The fraction of sp³-hybridized carbons (Fsp3) is 0.538. The van der Waals surface area contributed by atoms with Crippen LogP contribution in [0.15, 0.2) is 20.3 Å². The van der Waals surface area contributed by atoms with Crippen LogP contribution < -0.4 is 0 Å². The van der Waals surface area contributed by atoms with Crippen LogP contribution in [0.25, 0.3) is 10.8 Å². The normalized spacial score (nSPS) is 13.1. The summed E-state index contributed by atoms with van der Waals surface area (Å²) in [5.41, 5.74) is 0. The topological polar surface area (TPSA) is 42.2 Å². The van der Waals surface area contributed by atoms with E-state index in [1.54, 1.807) is 11.3 Å².